The van der Waals surface area contributed by atoms with Crippen molar-refractivity contribution in [1.82, 2.24) is 4.90 Å². The third-order valence-corrected chi connectivity index (χ3v) is 6.50. The quantitative estimate of drug-likeness (QED) is 0.454. The second-order valence-electron chi connectivity index (χ2n) is 8.99. The molecule has 0 saturated carbocycles. The molecule has 3 N–H and O–H groups in total. The predicted molar refractivity (Wildman–Crippen MR) is 126 cm³/mol. The number of amides is 2. The summed E-state index contributed by atoms with van der Waals surface area (Å²) in [6.45, 7) is 5.13. The van der Waals surface area contributed by atoms with Gasteiger partial charge in [-0.2, -0.15) is 13.2 Å². The summed E-state index contributed by atoms with van der Waals surface area (Å²) in [5.41, 5.74) is 2.84. The lowest BCUT2D eigenvalue weighted by molar-refractivity contribution is -0.258. The van der Waals surface area contributed by atoms with Gasteiger partial charge in [-0.3, -0.25) is 9.59 Å². The van der Waals surface area contributed by atoms with Gasteiger partial charge >= 0.3 is 6.18 Å². The molecule has 0 aromatic heterocycles. The van der Waals surface area contributed by atoms with Crippen molar-refractivity contribution in [3.8, 4) is 0 Å². The van der Waals surface area contributed by atoms with Crippen LogP contribution in [-0.4, -0.2) is 40.6 Å². The van der Waals surface area contributed by atoms with Crippen LogP contribution in [0.15, 0.2) is 48.1 Å². The number of alkyl halides is 3. The van der Waals surface area contributed by atoms with Crippen LogP contribution in [-0.2, 0) is 10.4 Å². The Morgan fingerprint density at radius 2 is 1.82 bits per heavy atom. The zero-order valence-corrected chi connectivity index (χ0v) is 20.1. The number of benzene rings is 1. The smallest absolute Gasteiger partial charge is 0.376 e. The molecule has 0 spiro atoms. The van der Waals surface area contributed by atoms with Gasteiger partial charge in [0.1, 0.15) is 0 Å². The molecular formula is C26H35F3N2O3. The molecule has 2 rings (SSSR count). The van der Waals surface area contributed by atoms with E-state index < -0.39 is 17.7 Å². The Bertz CT molecular complexity index is 905. The molecule has 34 heavy (non-hydrogen) atoms. The van der Waals surface area contributed by atoms with Crippen molar-refractivity contribution in [2.24, 2.45) is 11.7 Å². The van der Waals surface area contributed by atoms with Crippen molar-refractivity contribution in [2.75, 3.05) is 6.54 Å². The zero-order chi connectivity index (χ0) is 25.5. The highest BCUT2D eigenvalue weighted by Gasteiger charge is 2.51. The van der Waals surface area contributed by atoms with Crippen LogP contribution in [0.4, 0.5) is 13.2 Å². The number of primary amides is 1. The van der Waals surface area contributed by atoms with E-state index in [-0.39, 0.29) is 17.5 Å². The second kappa shape index (κ2) is 11.7. The highest BCUT2D eigenvalue weighted by molar-refractivity contribution is 5.95. The average Bonchev–Trinajstić information content (AvgIpc) is 2.79. The Morgan fingerprint density at radius 3 is 2.29 bits per heavy atom. The van der Waals surface area contributed by atoms with Gasteiger partial charge in [-0.25, -0.2) is 0 Å². The molecule has 188 valence electrons. The Kier molecular flexibility index (Phi) is 9.50. The van der Waals surface area contributed by atoms with Crippen LogP contribution in [0.25, 0.3) is 0 Å². The molecule has 8 heteroatoms. The Hall–Kier alpha value is -2.61. The minimum absolute atomic E-state index is 0.0183. The maximum Gasteiger partial charge on any atom is 0.421 e. The monoisotopic (exact) mass is 480 g/mol. The lowest BCUT2D eigenvalue weighted by Crippen LogP contribution is -2.41. The Labute approximate surface area is 199 Å². The molecule has 1 unspecified atom stereocenters. The number of hydrogen-bond donors (Lipinski definition) is 2. The fourth-order valence-electron chi connectivity index (χ4n) is 4.30. The van der Waals surface area contributed by atoms with Crippen LogP contribution >= 0.6 is 0 Å². The number of halogens is 3. The summed E-state index contributed by atoms with van der Waals surface area (Å²) >= 11 is 0. The standard InChI is InChI=1S/C26H35F3N2O3/c1-4-7-22(9-6-8-18-10-12-19(13-11-18)23(30)32)31(5-2)24(33)20-14-16-21(17-15-20)25(3,34)26(27,28)29/h10,12-18,22,34H,4-9,11H2,1-3H3,(H2,30,32)/t18?,22-,25-/m0/s1. The Balaban J connectivity index is 2.04. The van der Waals surface area contributed by atoms with Crippen molar-refractivity contribution in [3.05, 3.63) is 59.2 Å². The van der Waals surface area contributed by atoms with Crippen molar-refractivity contribution in [3.63, 3.8) is 0 Å². The van der Waals surface area contributed by atoms with Crippen LogP contribution in [0.1, 0.15) is 75.2 Å². The molecule has 0 bridgehead atoms. The van der Waals surface area contributed by atoms with Gasteiger partial charge in [0, 0.05) is 23.7 Å². The minimum Gasteiger partial charge on any atom is -0.376 e. The number of carbonyl (C=O) groups excluding carboxylic acids is 2. The van der Waals surface area contributed by atoms with Crippen molar-refractivity contribution in [2.45, 2.75) is 77.1 Å². The molecule has 2 amide bonds. The molecule has 5 nitrogen and oxygen atoms in total. The SMILES string of the molecule is CCC[C@@H](CCCC1C=CC(C(N)=O)=CC1)N(CC)C(=O)c1ccc([C@](C)(O)C(F)(F)F)cc1. The molecule has 1 aromatic carbocycles. The number of hydrogen-bond acceptors (Lipinski definition) is 3. The van der Waals surface area contributed by atoms with E-state index in [0.717, 1.165) is 50.7 Å². The van der Waals surface area contributed by atoms with Crippen LogP contribution in [0.3, 0.4) is 0 Å². The van der Waals surface area contributed by atoms with E-state index in [1.165, 1.54) is 12.1 Å². The van der Waals surface area contributed by atoms with Crippen molar-refractivity contribution < 1.29 is 27.9 Å². The molecule has 1 aromatic rings. The molecule has 0 radical (unpaired) electrons. The summed E-state index contributed by atoms with van der Waals surface area (Å²) in [4.78, 5) is 26.2. The van der Waals surface area contributed by atoms with Gasteiger partial charge in [-0.15, -0.1) is 0 Å². The van der Waals surface area contributed by atoms with E-state index >= 15 is 0 Å². The van der Waals surface area contributed by atoms with E-state index in [1.807, 2.05) is 19.1 Å². The molecule has 1 aliphatic rings. The van der Waals surface area contributed by atoms with Gasteiger partial charge in [0.15, 0.2) is 5.60 Å². The first kappa shape index (κ1) is 27.6. The summed E-state index contributed by atoms with van der Waals surface area (Å²) in [7, 11) is 0. The second-order valence-corrected chi connectivity index (χ2v) is 8.99. The summed E-state index contributed by atoms with van der Waals surface area (Å²) in [6.07, 6.45) is 5.94. The van der Waals surface area contributed by atoms with E-state index in [2.05, 4.69) is 6.92 Å². The number of aliphatic hydroxyl groups is 1. The fourth-order valence-corrected chi connectivity index (χ4v) is 4.30. The topological polar surface area (TPSA) is 83.6 Å². The molecule has 0 fully saturated rings. The number of nitrogens with two attached hydrogens (primary N) is 1. The van der Waals surface area contributed by atoms with Gasteiger partial charge in [0.2, 0.25) is 5.91 Å². The van der Waals surface area contributed by atoms with E-state index in [4.69, 9.17) is 5.73 Å². The van der Waals surface area contributed by atoms with Gasteiger partial charge in [0.25, 0.3) is 5.91 Å². The molecule has 0 heterocycles. The number of rotatable bonds is 11. The van der Waals surface area contributed by atoms with Gasteiger partial charge in [-0.05, 0) is 63.1 Å². The molecule has 1 aliphatic carbocycles. The van der Waals surface area contributed by atoms with Crippen LogP contribution in [0, 0.1) is 5.92 Å². The third kappa shape index (κ3) is 6.72. The van der Waals surface area contributed by atoms with E-state index in [1.54, 1.807) is 11.0 Å². The third-order valence-electron chi connectivity index (χ3n) is 6.50. The predicted octanol–water partition coefficient (Wildman–Crippen LogP) is 5.25. The average molecular weight is 481 g/mol. The number of allylic oxidation sites excluding steroid dienone is 2. The lowest BCUT2D eigenvalue weighted by Gasteiger charge is -2.32. The van der Waals surface area contributed by atoms with Crippen molar-refractivity contribution >= 4 is 11.8 Å². The van der Waals surface area contributed by atoms with Gasteiger partial charge in [-0.1, -0.05) is 50.1 Å². The molecule has 0 saturated heterocycles. The molecular weight excluding hydrogens is 445 g/mol. The minimum atomic E-state index is -4.81. The number of nitrogens with zero attached hydrogens (tertiary/aromatic N) is 1. The first-order valence-corrected chi connectivity index (χ1v) is 11.8. The maximum atomic E-state index is 13.2. The van der Waals surface area contributed by atoms with Crippen molar-refractivity contribution in [1.29, 1.82) is 0 Å². The summed E-state index contributed by atoms with van der Waals surface area (Å²) < 4.78 is 39.3. The Morgan fingerprint density at radius 1 is 1.18 bits per heavy atom. The first-order chi connectivity index (χ1) is 15.9. The van der Waals surface area contributed by atoms with E-state index in [9.17, 15) is 27.9 Å². The zero-order valence-electron chi connectivity index (χ0n) is 20.1. The van der Waals surface area contributed by atoms with Crippen LogP contribution in [0.5, 0.6) is 0 Å². The highest BCUT2D eigenvalue weighted by Crippen LogP contribution is 2.38. The fraction of sp³-hybridized carbons (Fsp3) is 0.538. The van der Waals surface area contributed by atoms with Gasteiger partial charge < -0.3 is 15.7 Å². The number of carbonyl (C=O) groups is 2. The molecule has 3 atom stereocenters. The first-order valence-electron chi connectivity index (χ1n) is 11.8. The summed E-state index contributed by atoms with van der Waals surface area (Å²) in [5.74, 6) is -0.333. The maximum absolute atomic E-state index is 13.2. The van der Waals surface area contributed by atoms with Crippen LogP contribution < -0.4 is 5.73 Å². The summed E-state index contributed by atoms with van der Waals surface area (Å²) in [5, 5.41) is 9.86. The largest absolute Gasteiger partial charge is 0.421 e. The van der Waals surface area contributed by atoms with E-state index in [0.29, 0.717) is 30.5 Å². The normalized spacial score (nSPS) is 18.7. The van der Waals surface area contributed by atoms with Crippen LogP contribution in [0.2, 0.25) is 0 Å². The van der Waals surface area contributed by atoms with Gasteiger partial charge in [0.05, 0.1) is 0 Å². The summed E-state index contributed by atoms with van der Waals surface area (Å²) in [6, 6.07) is 5.03. The lowest BCUT2D eigenvalue weighted by atomic mass is 9.90. The molecule has 0 aliphatic heterocycles. The highest BCUT2D eigenvalue weighted by atomic mass is 19.4.